The molecule has 0 spiro atoms. The van der Waals surface area contributed by atoms with Gasteiger partial charge in [-0.1, -0.05) is 0 Å². The zero-order chi connectivity index (χ0) is 13.1. The van der Waals surface area contributed by atoms with E-state index in [0.29, 0.717) is 6.54 Å². The summed E-state index contributed by atoms with van der Waals surface area (Å²) in [5, 5.41) is 9.46. The third-order valence-corrected chi connectivity index (χ3v) is 3.48. The Balaban J connectivity index is 2.16. The van der Waals surface area contributed by atoms with Gasteiger partial charge in [0.1, 0.15) is 0 Å². The molecule has 0 fully saturated rings. The van der Waals surface area contributed by atoms with E-state index in [-0.39, 0.29) is 11.6 Å². The van der Waals surface area contributed by atoms with Crippen molar-refractivity contribution < 1.29 is 8.78 Å². The minimum atomic E-state index is -0.702. The normalized spacial score (nSPS) is 10.4. The maximum Gasteiger partial charge on any atom is 0.168 e. The molecule has 3 nitrogen and oxygen atoms in total. The molecule has 0 bridgehead atoms. The summed E-state index contributed by atoms with van der Waals surface area (Å²) in [6.07, 6.45) is 0. The van der Waals surface area contributed by atoms with Gasteiger partial charge in [-0.05, 0) is 28.8 Å². The maximum atomic E-state index is 13.5. The van der Waals surface area contributed by atoms with Crippen molar-refractivity contribution in [3.63, 3.8) is 0 Å². The summed E-state index contributed by atoms with van der Waals surface area (Å²) in [4.78, 5) is 3.85. The standard InChI is InChI=1S/C12H13F2N3S/c1-7-5-18-6-8(7)4-16-12-10(14)3-9(13)11(15-2)17-12/h3,5-6H,4H2,1-2H3,(H2,15,16,17). The van der Waals surface area contributed by atoms with Crippen LogP contribution in [0.15, 0.2) is 16.8 Å². The molecule has 2 aromatic heterocycles. The van der Waals surface area contributed by atoms with E-state index in [9.17, 15) is 8.78 Å². The molecule has 2 N–H and O–H groups in total. The van der Waals surface area contributed by atoms with Crippen molar-refractivity contribution in [3.8, 4) is 0 Å². The molecule has 0 unspecified atom stereocenters. The number of aryl methyl sites for hydroxylation is 1. The van der Waals surface area contributed by atoms with Crippen molar-refractivity contribution in [2.75, 3.05) is 17.7 Å². The van der Waals surface area contributed by atoms with E-state index in [0.717, 1.165) is 17.2 Å². The fraction of sp³-hybridized carbons (Fsp3) is 0.250. The monoisotopic (exact) mass is 269 g/mol. The topological polar surface area (TPSA) is 37.0 Å². The Morgan fingerprint density at radius 1 is 1.22 bits per heavy atom. The van der Waals surface area contributed by atoms with Crippen molar-refractivity contribution in [1.29, 1.82) is 0 Å². The summed E-state index contributed by atoms with van der Waals surface area (Å²) in [7, 11) is 1.54. The highest BCUT2D eigenvalue weighted by molar-refractivity contribution is 7.08. The van der Waals surface area contributed by atoms with E-state index >= 15 is 0 Å². The van der Waals surface area contributed by atoms with E-state index in [1.54, 1.807) is 11.3 Å². The van der Waals surface area contributed by atoms with E-state index in [1.807, 2.05) is 17.7 Å². The molecule has 18 heavy (non-hydrogen) atoms. The number of hydrogen-bond donors (Lipinski definition) is 2. The SMILES string of the molecule is CNc1nc(NCc2cscc2C)c(F)cc1F. The van der Waals surface area contributed by atoms with Gasteiger partial charge < -0.3 is 10.6 Å². The highest BCUT2D eigenvalue weighted by Gasteiger charge is 2.11. The van der Waals surface area contributed by atoms with Crippen molar-refractivity contribution in [2.24, 2.45) is 0 Å². The van der Waals surface area contributed by atoms with Crippen molar-refractivity contribution in [3.05, 3.63) is 39.6 Å². The average molecular weight is 269 g/mol. The number of anilines is 2. The first-order valence-corrected chi connectivity index (χ1v) is 6.35. The van der Waals surface area contributed by atoms with Gasteiger partial charge in [0.25, 0.3) is 0 Å². The second-order valence-corrected chi connectivity index (χ2v) is 4.58. The van der Waals surface area contributed by atoms with Crippen LogP contribution in [0.1, 0.15) is 11.1 Å². The fourth-order valence-corrected chi connectivity index (χ4v) is 2.37. The van der Waals surface area contributed by atoms with Crippen LogP contribution in [-0.2, 0) is 6.54 Å². The van der Waals surface area contributed by atoms with E-state index in [2.05, 4.69) is 15.6 Å². The van der Waals surface area contributed by atoms with Crippen LogP contribution in [-0.4, -0.2) is 12.0 Å². The number of nitrogens with zero attached hydrogens (tertiary/aromatic N) is 1. The Morgan fingerprint density at radius 3 is 2.56 bits per heavy atom. The molecule has 0 saturated heterocycles. The molecule has 0 aliphatic rings. The molecule has 0 aliphatic carbocycles. The molecule has 2 heterocycles. The first-order chi connectivity index (χ1) is 8.61. The van der Waals surface area contributed by atoms with Crippen molar-refractivity contribution >= 4 is 23.0 Å². The summed E-state index contributed by atoms with van der Waals surface area (Å²) < 4.78 is 26.7. The van der Waals surface area contributed by atoms with Gasteiger partial charge >= 0.3 is 0 Å². The number of aromatic nitrogens is 1. The largest absolute Gasteiger partial charge is 0.371 e. The van der Waals surface area contributed by atoms with E-state index in [4.69, 9.17) is 0 Å². The quantitative estimate of drug-likeness (QED) is 0.893. The van der Waals surface area contributed by atoms with E-state index in [1.165, 1.54) is 7.05 Å². The highest BCUT2D eigenvalue weighted by atomic mass is 32.1. The lowest BCUT2D eigenvalue weighted by molar-refractivity contribution is 0.578. The summed E-state index contributed by atoms with van der Waals surface area (Å²) in [5.74, 6) is -1.32. The molecule has 0 aromatic carbocycles. The molecular weight excluding hydrogens is 256 g/mol. The third kappa shape index (κ3) is 2.59. The zero-order valence-corrected chi connectivity index (χ0v) is 10.9. The number of hydrogen-bond acceptors (Lipinski definition) is 4. The molecule has 0 radical (unpaired) electrons. The fourth-order valence-electron chi connectivity index (χ4n) is 1.51. The van der Waals surface area contributed by atoms with Crippen molar-refractivity contribution in [1.82, 2.24) is 4.98 Å². The molecule has 6 heteroatoms. The molecule has 0 amide bonds. The smallest absolute Gasteiger partial charge is 0.168 e. The number of thiophene rings is 1. The minimum Gasteiger partial charge on any atom is -0.371 e. The number of halogens is 2. The van der Waals surface area contributed by atoms with Gasteiger partial charge in [0.15, 0.2) is 23.3 Å². The average Bonchev–Trinajstić information content (AvgIpc) is 2.74. The lowest BCUT2D eigenvalue weighted by Crippen LogP contribution is -2.07. The Hall–Kier alpha value is -1.69. The van der Waals surface area contributed by atoms with Crippen LogP contribution in [0.5, 0.6) is 0 Å². The van der Waals surface area contributed by atoms with Crippen LogP contribution < -0.4 is 10.6 Å². The summed E-state index contributed by atoms with van der Waals surface area (Å²) in [6, 6.07) is 0.821. The van der Waals surface area contributed by atoms with Gasteiger partial charge in [-0.25, -0.2) is 13.8 Å². The summed E-state index contributed by atoms with van der Waals surface area (Å²) >= 11 is 1.59. The van der Waals surface area contributed by atoms with Gasteiger partial charge in [-0.3, -0.25) is 0 Å². The maximum absolute atomic E-state index is 13.5. The number of pyridine rings is 1. The lowest BCUT2D eigenvalue weighted by Gasteiger charge is -2.09. The van der Waals surface area contributed by atoms with Gasteiger partial charge in [-0.15, -0.1) is 0 Å². The second kappa shape index (κ2) is 5.30. The zero-order valence-electron chi connectivity index (χ0n) is 10.1. The molecule has 96 valence electrons. The van der Waals surface area contributed by atoms with Crippen molar-refractivity contribution in [2.45, 2.75) is 13.5 Å². The van der Waals surface area contributed by atoms with Crippen LogP contribution >= 0.6 is 11.3 Å². The Labute approximate surface area is 108 Å². The highest BCUT2D eigenvalue weighted by Crippen LogP contribution is 2.20. The van der Waals surface area contributed by atoms with Crippen LogP contribution in [0.4, 0.5) is 20.4 Å². The molecule has 2 rings (SSSR count). The number of rotatable bonds is 4. The minimum absolute atomic E-state index is 0.0286. The van der Waals surface area contributed by atoms with Crippen LogP contribution in [0.25, 0.3) is 0 Å². The Bertz CT molecular complexity index is 554. The van der Waals surface area contributed by atoms with Gasteiger partial charge in [0.2, 0.25) is 0 Å². The predicted molar refractivity (Wildman–Crippen MR) is 70.1 cm³/mol. The van der Waals surface area contributed by atoms with Crippen LogP contribution in [0.3, 0.4) is 0 Å². The van der Waals surface area contributed by atoms with Gasteiger partial charge in [-0.2, -0.15) is 11.3 Å². The summed E-state index contributed by atoms with van der Waals surface area (Å²) in [6.45, 7) is 2.45. The molecule has 2 aromatic rings. The van der Waals surface area contributed by atoms with Crippen LogP contribution in [0, 0.1) is 18.6 Å². The third-order valence-electron chi connectivity index (χ3n) is 2.57. The van der Waals surface area contributed by atoms with E-state index < -0.39 is 11.6 Å². The molecule has 0 saturated carbocycles. The molecule has 0 atom stereocenters. The molecular formula is C12H13F2N3S. The van der Waals surface area contributed by atoms with Crippen LogP contribution in [0.2, 0.25) is 0 Å². The first-order valence-electron chi connectivity index (χ1n) is 5.41. The predicted octanol–water partition coefficient (Wildman–Crippen LogP) is 3.38. The Kier molecular flexibility index (Phi) is 3.76. The number of nitrogens with one attached hydrogen (secondary N) is 2. The lowest BCUT2D eigenvalue weighted by atomic mass is 10.2. The Morgan fingerprint density at radius 2 is 1.94 bits per heavy atom. The summed E-state index contributed by atoms with van der Waals surface area (Å²) in [5.41, 5.74) is 2.22. The van der Waals surface area contributed by atoms with Gasteiger partial charge in [0, 0.05) is 19.7 Å². The first kappa shape index (κ1) is 12.8. The second-order valence-electron chi connectivity index (χ2n) is 3.83. The molecule has 0 aliphatic heterocycles. The van der Waals surface area contributed by atoms with Gasteiger partial charge in [0.05, 0.1) is 0 Å².